The number of amides is 2. The van der Waals surface area contributed by atoms with Gasteiger partial charge in [0.25, 0.3) is 11.8 Å². The van der Waals surface area contributed by atoms with E-state index in [4.69, 9.17) is 21.8 Å². The van der Waals surface area contributed by atoms with Crippen molar-refractivity contribution in [1.82, 2.24) is 19.7 Å². The maximum Gasteiger partial charge on any atom is 0.437 e. The quantitative estimate of drug-likeness (QED) is 0.242. The van der Waals surface area contributed by atoms with Gasteiger partial charge in [-0.3, -0.25) is 19.1 Å². The van der Waals surface area contributed by atoms with Gasteiger partial charge in [-0.1, -0.05) is 25.4 Å². The summed E-state index contributed by atoms with van der Waals surface area (Å²) in [5.74, 6) is -3.82. The Hall–Kier alpha value is -4.33. The molecule has 10 nitrogen and oxygen atoms in total. The number of rotatable bonds is 7. The van der Waals surface area contributed by atoms with Crippen molar-refractivity contribution in [2.75, 3.05) is 5.32 Å². The van der Waals surface area contributed by atoms with Gasteiger partial charge >= 0.3 is 6.18 Å². The lowest BCUT2D eigenvalue weighted by atomic mass is 10.1. The number of nitrogens with one attached hydrogen (secondary N) is 1. The van der Waals surface area contributed by atoms with Crippen LogP contribution in [0.3, 0.4) is 0 Å². The molecule has 0 radical (unpaired) electrons. The van der Waals surface area contributed by atoms with Gasteiger partial charge in [-0.15, -0.1) is 0 Å². The predicted octanol–water partition coefficient (Wildman–Crippen LogP) is 4.78. The van der Waals surface area contributed by atoms with Crippen molar-refractivity contribution >= 4 is 45.8 Å². The lowest BCUT2D eigenvalue weighted by molar-refractivity contribution is -0.140. The molecule has 0 aliphatic rings. The molecule has 3 N–H and O–H groups in total. The van der Waals surface area contributed by atoms with Crippen molar-refractivity contribution in [1.29, 1.82) is 0 Å². The average Bonchev–Trinajstić information content (AvgIpc) is 3.43. The molecule has 0 saturated heterocycles. The lowest BCUT2D eigenvalue weighted by Crippen LogP contribution is -2.19. The minimum atomic E-state index is -4.99. The topological polar surface area (TPSA) is 146 Å². The van der Waals surface area contributed by atoms with Crippen LogP contribution in [0, 0.1) is 18.7 Å². The third-order valence-electron chi connectivity index (χ3n) is 5.67. The number of Topliss-reactive ketones (excluding diaryl/α,β-unsaturated/α-hetero) is 1. The number of benzene rings is 1. The van der Waals surface area contributed by atoms with Crippen molar-refractivity contribution in [3.05, 3.63) is 69.5 Å². The summed E-state index contributed by atoms with van der Waals surface area (Å²) < 4.78 is 61.9. The van der Waals surface area contributed by atoms with Crippen molar-refractivity contribution in [2.45, 2.75) is 33.5 Å². The molecule has 3 aromatic heterocycles. The molecule has 0 atom stereocenters. The van der Waals surface area contributed by atoms with Crippen molar-refractivity contribution in [3.8, 4) is 0 Å². The second-order valence-electron chi connectivity index (χ2n) is 8.77. The molecule has 0 fully saturated rings. The zero-order valence-corrected chi connectivity index (χ0v) is 21.2. The van der Waals surface area contributed by atoms with Crippen molar-refractivity contribution in [3.63, 3.8) is 0 Å². The number of halogens is 5. The average molecular weight is 567 g/mol. The Bertz CT molecular complexity index is 1640. The highest BCUT2D eigenvalue weighted by Crippen LogP contribution is 2.37. The third kappa shape index (κ3) is 5.46. The Kier molecular flexibility index (Phi) is 7.17. The minimum Gasteiger partial charge on any atom is -0.446 e. The molecule has 1 aromatic carbocycles. The third-order valence-corrected chi connectivity index (χ3v) is 5.96. The van der Waals surface area contributed by atoms with E-state index in [0.29, 0.717) is 0 Å². The summed E-state index contributed by atoms with van der Waals surface area (Å²) in [6.45, 7) is 4.20. The fourth-order valence-corrected chi connectivity index (χ4v) is 3.85. The number of primary amides is 1. The first kappa shape index (κ1) is 27.7. The summed E-state index contributed by atoms with van der Waals surface area (Å²) in [6, 6.07) is 2.87. The largest absolute Gasteiger partial charge is 0.446 e. The van der Waals surface area contributed by atoms with Gasteiger partial charge in [0.1, 0.15) is 30.0 Å². The number of fused-ring (bicyclic) bond motifs is 1. The molecule has 0 bridgehead atoms. The number of alkyl halides is 3. The number of hydrogen-bond acceptors (Lipinski definition) is 7. The van der Waals surface area contributed by atoms with Crippen LogP contribution in [0.4, 0.5) is 23.2 Å². The van der Waals surface area contributed by atoms with Crippen LogP contribution in [0.25, 0.3) is 10.9 Å². The molecule has 4 aromatic rings. The summed E-state index contributed by atoms with van der Waals surface area (Å²) in [7, 11) is 0. The first-order valence-electron chi connectivity index (χ1n) is 11.2. The zero-order valence-electron chi connectivity index (χ0n) is 20.5. The normalized spacial score (nSPS) is 11.8. The summed E-state index contributed by atoms with van der Waals surface area (Å²) >= 11 is 5.83. The van der Waals surface area contributed by atoms with Gasteiger partial charge in [0, 0.05) is 17.4 Å². The molecular formula is C24H19ClF4N6O4. The van der Waals surface area contributed by atoms with Crippen LogP contribution in [0.2, 0.25) is 5.02 Å². The van der Waals surface area contributed by atoms with Gasteiger partial charge in [0.15, 0.2) is 11.5 Å². The summed E-state index contributed by atoms with van der Waals surface area (Å²) in [5.41, 5.74) is 2.12. The molecule has 0 unspecified atom stereocenters. The molecule has 3 heterocycles. The number of anilines is 1. The molecule has 0 saturated carbocycles. The summed E-state index contributed by atoms with van der Waals surface area (Å²) in [6.07, 6.45) is -3.89. The van der Waals surface area contributed by atoms with Gasteiger partial charge in [0.05, 0.1) is 27.5 Å². The SMILES string of the molecule is Cc1c(NC(=O)c2cc(C(N)=O)nc3cc(F)c(Cl)cc23)c(C(F)(F)F)nn1Cc1nc(C(=O)C(C)C)co1. The van der Waals surface area contributed by atoms with E-state index in [0.717, 1.165) is 29.1 Å². The van der Waals surface area contributed by atoms with Crippen LogP contribution in [0.5, 0.6) is 0 Å². The van der Waals surface area contributed by atoms with E-state index in [1.807, 2.05) is 0 Å². The molecule has 15 heteroatoms. The van der Waals surface area contributed by atoms with Crippen LogP contribution < -0.4 is 11.1 Å². The second kappa shape index (κ2) is 10.1. The van der Waals surface area contributed by atoms with Crippen LogP contribution in [-0.2, 0) is 12.7 Å². The molecule has 0 spiro atoms. The number of pyridine rings is 1. The zero-order chi connectivity index (χ0) is 28.8. The minimum absolute atomic E-state index is 0.0132. The van der Waals surface area contributed by atoms with E-state index in [-0.39, 0.29) is 57.0 Å². The smallest absolute Gasteiger partial charge is 0.437 e. The Morgan fingerprint density at radius 3 is 2.46 bits per heavy atom. The molecule has 0 aliphatic carbocycles. The monoisotopic (exact) mass is 566 g/mol. The van der Waals surface area contributed by atoms with Gasteiger partial charge in [-0.05, 0) is 19.1 Å². The van der Waals surface area contributed by atoms with E-state index in [9.17, 15) is 31.9 Å². The van der Waals surface area contributed by atoms with Gasteiger partial charge in [-0.25, -0.2) is 14.4 Å². The number of nitrogens with zero attached hydrogens (tertiary/aromatic N) is 4. The molecule has 39 heavy (non-hydrogen) atoms. The summed E-state index contributed by atoms with van der Waals surface area (Å²) in [5, 5.41) is 5.34. The molecule has 0 aliphatic heterocycles. The van der Waals surface area contributed by atoms with Gasteiger partial charge in [-0.2, -0.15) is 18.3 Å². The van der Waals surface area contributed by atoms with E-state index in [1.54, 1.807) is 13.8 Å². The van der Waals surface area contributed by atoms with Crippen LogP contribution >= 0.6 is 11.6 Å². The number of aromatic nitrogens is 4. The van der Waals surface area contributed by atoms with E-state index >= 15 is 0 Å². The van der Waals surface area contributed by atoms with Crippen molar-refractivity contribution in [2.24, 2.45) is 11.7 Å². The fraction of sp³-hybridized carbons (Fsp3) is 0.250. The van der Waals surface area contributed by atoms with E-state index < -0.39 is 40.9 Å². The van der Waals surface area contributed by atoms with Gasteiger partial charge in [0.2, 0.25) is 5.89 Å². The Balaban J connectivity index is 1.76. The van der Waals surface area contributed by atoms with E-state index in [2.05, 4.69) is 20.4 Å². The highest BCUT2D eigenvalue weighted by atomic mass is 35.5. The van der Waals surface area contributed by atoms with Gasteiger partial charge < -0.3 is 15.5 Å². The maximum absolute atomic E-state index is 14.0. The standard InChI is InChI=1S/C24H19ClF4N6O4/c1-9(2)20(36)17-8-39-18(32-17)7-35-10(3)19(21(34-35)24(27,28)29)33-23(38)12-5-16(22(30)37)31-15-6-14(26)13(25)4-11(12)15/h4-6,8-9H,7H2,1-3H3,(H2,30,37)(H,33,38). The Morgan fingerprint density at radius 1 is 1.15 bits per heavy atom. The number of ketones is 1. The first-order valence-corrected chi connectivity index (χ1v) is 11.6. The number of hydrogen-bond donors (Lipinski definition) is 2. The molecule has 2 amide bonds. The number of carbonyl (C=O) groups excluding carboxylic acids is 3. The number of nitrogens with two attached hydrogens (primary N) is 1. The molecular weight excluding hydrogens is 548 g/mol. The van der Waals surface area contributed by atoms with Crippen molar-refractivity contribution < 1.29 is 36.4 Å². The lowest BCUT2D eigenvalue weighted by Gasteiger charge is -2.12. The van der Waals surface area contributed by atoms with Crippen LogP contribution in [0.1, 0.15) is 62.5 Å². The number of carbonyl (C=O) groups is 3. The molecule has 204 valence electrons. The first-order chi connectivity index (χ1) is 18.2. The second-order valence-corrected chi connectivity index (χ2v) is 9.17. The highest BCUT2D eigenvalue weighted by Gasteiger charge is 2.39. The fourth-order valence-electron chi connectivity index (χ4n) is 3.68. The summed E-state index contributed by atoms with van der Waals surface area (Å²) in [4.78, 5) is 45.0. The Labute approximate surface area is 222 Å². The van der Waals surface area contributed by atoms with E-state index in [1.165, 1.54) is 6.92 Å². The highest BCUT2D eigenvalue weighted by molar-refractivity contribution is 6.31. The number of oxazole rings is 1. The maximum atomic E-state index is 14.0. The predicted molar refractivity (Wildman–Crippen MR) is 130 cm³/mol. The van der Waals surface area contributed by atoms with Crippen LogP contribution in [0.15, 0.2) is 28.9 Å². The Morgan fingerprint density at radius 2 is 1.85 bits per heavy atom. The van der Waals surface area contributed by atoms with Crippen LogP contribution in [-0.4, -0.2) is 37.3 Å². The molecule has 4 rings (SSSR count).